The third kappa shape index (κ3) is 3.38. The molecule has 1 saturated carbocycles. The van der Waals surface area contributed by atoms with Crippen LogP contribution in [0.2, 0.25) is 5.02 Å². The van der Waals surface area contributed by atoms with E-state index in [1.54, 1.807) is 13.8 Å². The Balaban J connectivity index is 2.38. The highest BCUT2D eigenvalue weighted by atomic mass is 35.5. The number of benzene rings is 1. The number of hydrogen-bond donors (Lipinski definition) is 1. The Morgan fingerprint density at radius 2 is 1.94 bits per heavy atom. The summed E-state index contributed by atoms with van der Waals surface area (Å²) in [7, 11) is 0. The molecule has 1 aromatic rings. The van der Waals surface area contributed by atoms with Gasteiger partial charge in [0.05, 0.1) is 23.5 Å². The van der Waals surface area contributed by atoms with Crippen molar-refractivity contribution < 1.29 is 24.2 Å². The lowest BCUT2D eigenvalue weighted by Gasteiger charge is -2.58. The lowest BCUT2D eigenvalue weighted by atomic mass is 9.52. The van der Waals surface area contributed by atoms with Crippen LogP contribution in [0, 0.1) is 34.4 Å². The number of allylic oxidation sites excluding steroid dienone is 1. The van der Waals surface area contributed by atoms with Crippen LogP contribution in [0.1, 0.15) is 57.9 Å². The van der Waals surface area contributed by atoms with Crippen molar-refractivity contribution in [2.45, 2.75) is 57.9 Å². The number of carboxylic acid groups (broad SMARTS) is 2. The van der Waals surface area contributed by atoms with E-state index in [-0.39, 0.29) is 21.9 Å². The lowest BCUT2D eigenvalue weighted by molar-refractivity contribution is -0.317. The van der Waals surface area contributed by atoms with Crippen LogP contribution in [0.5, 0.6) is 0 Å². The molecule has 2 aliphatic rings. The largest absolute Gasteiger partial charge is 0.550 e. The monoisotopic (exact) mass is 446 g/mol. The number of carboxylic acids is 2. The first-order chi connectivity index (χ1) is 14.5. The van der Waals surface area contributed by atoms with Crippen LogP contribution in [0.15, 0.2) is 29.5 Å². The topological polar surface area (TPSA) is 116 Å². The molecule has 1 N–H and O–H groups in total. The normalized spacial score (nSPS) is 28.5. The van der Waals surface area contributed by atoms with Crippen LogP contribution < -0.4 is 15.5 Å². The molecule has 31 heavy (non-hydrogen) atoms. The van der Waals surface area contributed by atoms with Gasteiger partial charge in [-0.05, 0) is 45.7 Å². The third-order valence-electron chi connectivity index (χ3n) is 7.45. The molecule has 1 aromatic carbocycles. The fourth-order valence-electron chi connectivity index (χ4n) is 6.00. The maximum atomic E-state index is 15.0. The van der Waals surface area contributed by atoms with Gasteiger partial charge < -0.3 is 25.1 Å². The van der Waals surface area contributed by atoms with Gasteiger partial charge in [-0.25, -0.2) is 4.39 Å². The van der Waals surface area contributed by atoms with Crippen molar-refractivity contribution in [3.8, 4) is 6.07 Å². The van der Waals surface area contributed by atoms with E-state index >= 15 is 0 Å². The summed E-state index contributed by atoms with van der Waals surface area (Å²) in [6.07, 6.45) is 2.73. The number of nitriles is 1. The van der Waals surface area contributed by atoms with Crippen LogP contribution in [0.3, 0.4) is 0 Å². The summed E-state index contributed by atoms with van der Waals surface area (Å²) >= 11 is 6.27. The van der Waals surface area contributed by atoms with E-state index in [0.29, 0.717) is 12.8 Å². The molecular formula is C23H24ClFN2O4-2. The first kappa shape index (κ1) is 23.1. The van der Waals surface area contributed by atoms with Gasteiger partial charge in [-0.15, -0.1) is 0 Å². The molecule has 1 fully saturated rings. The van der Waals surface area contributed by atoms with Crippen molar-refractivity contribution in [1.82, 2.24) is 5.32 Å². The average Bonchev–Trinajstić information content (AvgIpc) is 3.18. The fourth-order valence-corrected chi connectivity index (χ4v) is 6.28. The van der Waals surface area contributed by atoms with Crippen LogP contribution >= 0.6 is 11.6 Å². The summed E-state index contributed by atoms with van der Waals surface area (Å²) in [6, 6.07) is 6.12. The van der Waals surface area contributed by atoms with E-state index in [4.69, 9.17) is 11.6 Å². The zero-order valence-electron chi connectivity index (χ0n) is 17.6. The average molecular weight is 447 g/mol. The molecule has 0 amide bonds. The summed E-state index contributed by atoms with van der Waals surface area (Å²) in [5.74, 6) is -7.46. The summed E-state index contributed by atoms with van der Waals surface area (Å²) in [5, 5.41) is 37.5. The van der Waals surface area contributed by atoms with Crippen LogP contribution in [0.4, 0.5) is 4.39 Å². The van der Waals surface area contributed by atoms with E-state index in [0.717, 1.165) is 18.9 Å². The van der Waals surface area contributed by atoms with Crippen molar-refractivity contribution in [1.29, 1.82) is 5.26 Å². The van der Waals surface area contributed by atoms with Crippen molar-refractivity contribution in [3.63, 3.8) is 0 Å². The second-order valence-corrected chi connectivity index (χ2v) is 9.18. The predicted octanol–water partition coefficient (Wildman–Crippen LogP) is 2.03. The SMILES string of the molecule is CC1=C(C(=O)[O-])C(c2c(F)cccc2Cl)C(C(=O)[O-])C(C)(C2(C(C)C#N)CCCC2)N1. The number of carbonyl (C=O) groups excluding carboxylic acids is 2. The fraction of sp³-hybridized carbons (Fsp3) is 0.522. The van der Waals surface area contributed by atoms with Gasteiger partial charge in [-0.3, -0.25) is 0 Å². The Hall–Kier alpha value is -2.59. The number of carbonyl (C=O) groups is 2. The summed E-state index contributed by atoms with van der Waals surface area (Å²) in [4.78, 5) is 24.7. The number of halogens is 2. The first-order valence-electron chi connectivity index (χ1n) is 10.3. The Kier molecular flexibility index (Phi) is 6.07. The Morgan fingerprint density at radius 1 is 1.32 bits per heavy atom. The Morgan fingerprint density at radius 3 is 2.42 bits per heavy atom. The highest BCUT2D eigenvalue weighted by Crippen LogP contribution is 2.59. The molecule has 0 aromatic heterocycles. The molecule has 0 bridgehead atoms. The minimum absolute atomic E-state index is 0.0825. The Labute approximate surface area is 185 Å². The molecule has 3 rings (SSSR count). The minimum Gasteiger partial charge on any atom is -0.550 e. The van der Waals surface area contributed by atoms with Gasteiger partial charge >= 0.3 is 0 Å². The molecule has 166 valence electrons. The number of nitrogens with one attached hydrogen (secondary N) is 1. The van der Waals surface area contributed by atoms with Gasteiger partial charge in [-0.1, -0.05) is 30.5 Å². The van der Waals surface area contributed by atoms with Gasteiger partial charge in [0.1, 0.15) is 5.82 Å². The van der Waals surface area contributed by atoms with Gasteiger partial charge in [0.25, 0.3) is 0 Å². The van der Waals surface area contributed by atoms with Crippen LogP contribution in [-0.2, 0) is 9.59 Å². The lowest BCUT2D eigenvalue weighted by Crippen LogP contribution is -2.69. The van der Waals surface area contributed by atoms with Gasteiger partial charge in [0.15, 0.2) is 0 Å². The van der Waals surface area contributed by atoms with E-state index in [2.05, 4.69) is 11.4 Å². The quantitative estimate of drug-likeness (QED) is 0.739. The standard InChI is InChI=1S/C23H26ClFN2O4/c1-12(11-26)23(9-4-5-10-23)22(3)19(21(30)31)18(16(20(28)29)13(2)27-22)17-14(24)7-6-8-15(17)25/h6-8,12,18-19,27H,4-5,9-10H2,1-3H3,(H,28,29)(H,30,31)/p-2. The van der Waals surface area contributed by atoms with Crippen LogP contribution in [-0.4, -0.2) is 17.5 Å². The maximum Gasteiger partial charge on any atom is 0.128 e. The summed E-state index contributed by atoms with van der Waals surface area (Å²) in [6.45, 7) is 4.91. The zero-order valence-corrected chi connectivity index (χ0v) is 18.4. The predicted molar refractivity (Wildman–Crippen MR) is 108 cm³/mol. The molecule has 0 spiro atoms. The Bertz CT molecular complexity index is 976. The molecule has 4 unspecified atom stereocenters. The molecule has 1 aliphatic carbocycles. The highest BCUT2D eigenvalue weighted by Gasteiger charge is 2.61. The minimum atomic E-state index is -1.61. The number of nitrogens with zero attached hydrogens (tertiary/aromatic N) is 1. The summed E-state index contributed by atoms with van der Waals surface area (Å²) in [5.41, 5.74) is -2.52. The molecule has 1 heterocycles. The molecule has 0 saturated heterocycles. The van der Waals surface area contributed by atoms with Crippen LogP contribution in [0.25, 0.3) is 0 Å². The molecular weight excluding hydrogens is 423 g/mol. The highest BCUT2D eigenvalue weighted by molar-refractivity contribution is 6.31. The molecule has 8 heteroatoms. The second kappa shape index (κ2) is 8.16. The van der Waals surface area contributed by atoms with Gasteiger partial charge in [-0.2, -0.15) is 5.26 Å². The van der Waals surface area contributed by atoms with E-state index < -0.39 is 46.5 Å². The molecule has 0 radical (unpaired) electrons. The third-order valence-corrected chi connectivity index (χ3v) is 7.78. The van der Waals surface area contributed by atoms with Gasteiger partial charge in [0, 0.05) is 45.1 Å². The number of rotatable bonds is 5. The van der Waals surface area contributed by atoms with E-state index in [1.807, 2.05) is 0 Å². The smallest absolute Gasteiger partial charge is 0.128 e. The van der Waals surface area contributed by atoms with Crippen molar-refractivity contribution >= 4 is 23.5 Å². The number of hydrogen-bond acceptors (Lipinski definition) is 6. The van der Waals surface area contributed by atoms with Crippen molar-refractivity contribution in [3.05, 3.63) is 45.9 Å². The summed E-state index contributed by atoms with van der Waals surface area (Å²) < 4.78 is 15.0. The molecule has 4 atom stereocenters. The zero-order chi connectivity index (χ0) is 23.1. The maximum absolute atomic E-state index is 15.0. The molecule has 1 aliphatic heterocycles. The number of aliphatic carboxylic acids is 2. The molecule has 6 nitrogen and oxygen atoms in total. The van der Waals surface area contributed by atoms with Gasteiger partial charge in [0.2, 0.25) is 0 Å². The van der Waals surface area contributed by atoms with E-state index in [9.17, 15) is 29.5 Å². The first-order valence-corrected chi connectivity index (χ1v) is 10.6. The van der Waals surface area contributed by atoms with E-state index in [1.165, 1.54) is 19.1 Å². The second-order valence-electron chi connectivity index (χ2n) is 8.78. The van der Waals surface area contributed by atoms with Crippen molar-refractivity contribution in [2.75, 3.05) is 0 Å². The van der Waals surface area contributed by atoms with Crippen molar-refractivity contribution in [2.24, 2.45) is 17.3 Å².